The zero-order chi connectivity index (χ0) is 19.7. The van der Waals surface area contributed by atoms with Crippen molar-refractivity contribution in [3.8, 4) is 5.75 Å². The van der Waals surface area contributed by atoms with Crippen LogP contribution in [0.4, 0.5) is 11.5 Å². The van der Waals surface area contributed by atoms with Crippen molar-refractivity contribution in [3.05, 3.63) is 60.3 Å². The van der Waals surface area contributed by atoms with E-state index < -0.39 is 11.8 Å². The third-order valence-electron chi connectivity index (χ3n) is 4.91. The maximum Gasteiger partial charge on any atom is 0.256 e. The van der Waals surface area contributed by atoms with Crippen molar-refractivity contribution in [2.45, 2.75) is 12.8 Å². The number of rotatable bonds is 3. The first-order chi connectivity index (χ1) is 13.5. The van der Waals surface area contributed by atoms with Gasteiger partial charge in [-0.1, -0.05) is 18.2 Å². The Labute approximate surface area is 160 Å². The lowest BCUT2D eigenvalue weighted by atomic mass is 9.80. The summed E-state index contributed by atoms with van der Waals surface area (Å²) in [5, 5.41) is 13.5. The van der Waals surface area contributed by atoms with E-state index in [2.05, 4.69) is 15.7 Å². The average Bonchev–Trinajstić information content (AvgIpc) is 2.72. The van der Waals surface area contributed by atoms with Crippen LogP contribution < -0.4 is 15.8 Å². The Morgan fingerprint density at radius 2 is 1.93 bits per heavy atom. The van der Waals surface area contributed by atoms with Crippen LogP contribution in [-0.4, -0.2) is 27.8 Å². The molecule has 1 fully saturated rings. The number of anilines is 2. The maximum absolute atomic E-state index is 12.9. The summed E-state index contributed by atoms with van der Waals surface area (Å²) >= 11 is 0. The van der Waals surface area contributed by atoms with E-state index in [-0.39, 0.29) is 34.9 Å². The Kier molecular flexibility index (Phi) is 4.52. The van der Waals surface area contributed by atoms with Crippen molar-refractivity contribution in [2.75, 3.05) is 10.3 Å². The summed E-state index contributed by atoms with van der Waals surface area (Å²) < 4.78 is 0. The Morgan fingerprint density at radius 3 is 2.71 bits per heavy atom. The molecule has 0 unspecified atom stereocenters. The minimum atomic E-state index is -0.495. The molecule has 0 saturated carbocycles. The maximum atomic E-state index is 12.9. The monoisotopic (exact) mass is 378 g/mol. The molecule has 2 heterocycles. The molecule has 3 N–H and O–H groups in total. The van der Waals surface area contributed by atoms with Crippen molar-refractivity contribution in [1.82, 2.24) is 10.4 Å². The molecule has 0 spiro atoms. The molecule has 0 bridgehead atoms. The fourth-order valence-electron chi connectivity index (χ4n) is 3.44. The van der Waals surface area contributed by atoms with Crippen LogP contribution in [0.25, 0.3) is 0 Å². The highest BCUT2D eigenvalue weighted by atomic mass is 16.3. The molecule has 4 rings (SSSR count). The highest BCUT2D eigenvalue weighted by Crippen LogP contribution is 2.32. The second-order valence-electron chi connectivity index (χ2n) is 6.68. The zero-order valence-electron chi connectivity index (χ0n) is 14.8. The second kappa shape index (κ2) is 7.15. The Morgan fingerprint density at radius 1 is 1.14 bits per heavy atom. The molecule has 28 heavy (non-hydrogen) atoms. The third kappa shape index (κ3) is 3.20. The largest absolute Gasteiger partial charge is 0.504 e. The number of amides is 3. The lowest BCUT2D eigenvalue weighted by Gasteiger charge is -2.38. The number of aromatic hydroxyl groups is 1. The zero-order valence-corrected chi connectivity index (χ0v) is 14.8. The van der Waals surface area contributed by atoms with Crippen LogP contribution in [0.15, 0.2) is 54.7 Å². The molecule has 2 aliphatic rings. The van der Waals surface area contributed by atoms with E-state index >= 15 is 0 Å². The van der Waals surface area contributed by atoms with Gasteiger partial charge in [-0.05, 0) is 43.2 Å². The van der Waals surface area contributed by atoms with Gasteiger partial charge in [0.1, 0.15) is 0 Å². The van der Waals surface area contributed by atoms with Gasteiger partial charge in [0.15, 0.2) is 11.6 Å². The minimum Gasteiger partial charge on any atom is -0.504 e. The number of carbonyl (C=O) groups excluding carboxylic acids is 3. The van der Waals surface area contributed by atoms with E-state index in [0.29, 0.717) is 18.5 Å². The van der Waals surface area contributed by atoms with Crippen molar-refractivity contribution in [1.29, 1.82) is 0 Å². The molecule has 2 atom stereocenters. The highest BCUT2D eigenvalue weighted by Gasteiger charge is 2.42. The van der Waals surface area contributed by atoms with Crippen molar-refractivity contribution in [3.63, 3.8) is 0 Å². The van der Waals surface area contributed by atoms with Crippen LogP contribution in [0.2, 0.25) is 0 Å². The standard InChI is InChI=1S/C20H18N4O4/c25-16-9-4-10-21-17(16)22-18(26)12-5-3-6-13(11-12)24-20(28)15-8-2-1-7-14(15)19(27)23-24/h1-6,9-11,14-15,25H,7-8H2,(H,23,27)(H,21,22,26)/t14-,15+/m1/s1. The number of carbonyl (C=O) groups is 3. The number of nitrogens with one attached hydrogen (secondary N) is 2. The molecular weight excluding hydrogens is 360 g/mol. The predicted molar refractivity (Wildman–Crippen MR) is 101 cm³/mol. The first-order valence-corrected chi connectivity index (χ1v) is 8.89. The van der Waals surface area contributed by atoms with Crippen LogP contribution in [0.1, 0.15) is 23.2 Å². The lowest BCUT2D eigenvalue weighted by Crippen LogP contribution is -2.59. The summed E-state index contributed by atoms with van der Waals surface area (Å²) in [5.74, 6) is -1.77. The molecule has 0 radical (unpaired) electrons. The van der Waals surface area contributed by atoms with Crippen LogP contribution in [-0.2, 0) is 9.59 Å². The Bertz CT molecular complexity index is 988. The van der Waals surface area contributed by atoms with E-state index in [0.717, 1.165) is 0 Å². The van der Waals surface area contributed by atoms with E-state index in [9.17, 15) is 19.5 Å². The molecular formula is C20H18N4O4. The fraction of sp³-hybridized carbons (Fsp3) is 0.200. The van der Waals surface area contributed by atoms with Gasteiger partial charge in [-0.2, -0.15) is 0 Å². The van der Waals surface area contributed by atoms with Crippen LogP contribution in [0.3, 0.4) is 0 Å². The summed E-state index contributed by atoms with van der Waals surface area (Å²) in [6.45, 7) is 0. The predicted octanol–water partition coefficient (Wildman–Crippen LogP) is 2.00. The Balaban J connectivity index is 1.57. The van der Waals surface area contributed by atoms with Gasteiger partial charge in [0.25, 0.3) is 5.91 Å². The molecule has 3 amide bonds. The molecule has 8 heteroatoms. The number of nitrogens with zero attached hydrogens (tertiary/aromatic N) is 2. The van der Waals surface area contributed by atoms with Crippen LogP contribution in [0, 0.1) is 11.8 Å². The van der Waals surface area contributed by atoms with E-state index in [1.165, 1.54) is 23.3 Å². The molecule has 1 aliphatic heterocycles. The van der Waals surface area contributed by atoms with Gasteiger partial charge in [0, 0.05) is 11.8 Å². The van der Waals surface area contributed by atoms with Gasteiger partial charge in [-0.15, -0.1) is 0 Å². The molecule has 1 aliphatic carbocycles. The number of hydrogen-bond donors (Lipinski definition) is 3. The number of benzene rings is 1. The van der Waals surface area contributed by atoms with Crippen LogP contribution in [0.5, 0.6) is 5.75 Å². The van der Waals surface area contributed by atoms with E-state index in [1.807, 2.05) is 12.2 Å². The highest BCUT2D eigenvalue weighted by molar-refractivity contribution is 6.07. The summed E-state index contributed by atoms with van der Waals surface area (Å²) in [6, 6.07) is 9.30. The van der Waals surface area contributed by atoms with Gasteiger partial charge >= 0.3 is 0 Å². The number of pyridine rings is 1. The third-order valence-corrected chi connectivity index (χ3v) is 4.91. The summed E-state index contributed by atoms with van der Waals surface area (Å²) in [5.41, 5.74) is 3.29. The van der Waals surface area contributed by atoms with E-state index in [4.69, 9.17) is 0 Å². The molecule has 1 saturated heterocycles. The SMILES string of the molecule is O=C(Nc1ncccc1O)c1cccc(N2NC(=O)[C@@H]3CC=CC[C@@H]3C2=O)c1. The topological polar surface area (TPSA) is 112 Å². The Hall–Kier alpha value is -3.68. The quantitative estimate of drug-likeness (QED) is 0.708. The minimum absolute atomic E-state index is 0.0390. The number of fused-ring (bicyclic) bond motifs is 1. The van der Waals surface area contributed by atoms with Crippen molar-refractivity contribution >= 4 is 29.2 Å². The molecule has 2 aromatic rings. The average molecular weight is 378 g/mol. The summed E-state index contributed by atoms with van der Waals surface area (Å²) in [4.78, 5) is 41.7. The summed E-state index contributed by atoms with van der Waals surface area (Å²) in [6.07, 6.45) is 6.35. The molecule has 142 valence electrons. The molecule has 1 aromatic carbocycles. The van der Waals surface area contributed by atoms with Gasteiger partial charge in [0.2, 0.25) is 11.8 Å². The van der Waals surface area contributed by atoms with Gasteiger partial charge in [-0.3, -0.25) is 19.8 Å². The number of hydrazine groups is 1. The number of allylic oxidation sites excluding steroid dienone is 2. The van der Waals surface area contributed by atoms with Crippen molar-refractivity contribution in [2.24, 2.45) is 11.8 Å². The number of hydrogen-bond acceptors (Lipinski definition) is 5. The second-order valence-corrected chi connectivity index (χ2v) is 6.68. The van der Waals surface area contributed by atoms with Gasteiger partial charge in [-0.25, -0.2) is 9.99 Å². The number of aromatic nitrogens is 1. The summed E-state index contributed by atoms with van der Waals surface area (Å²) in [7, 11) is 0. The van der Waals surface area contributed by atoms with E-state index in [1.54, 1.807) is 24.3 Å². The lowest BCUT2D eigenvalue weighted by molar-refractivity contribution is -0.139. The normalized spacial score (nSPS) is 21.1. The van der Waals surface area contributed by atoms with Gasteiger partial charge < -0.3 is 10.4 Å². The molecule has 8 nitrogen and oxygen atoms in total. The molecule has 1 aromatic heterocycles. The smallest absolute Gasteiger partial charge is 0.256 e. The fourth-order valence-corrected chi connectivity index (χ4v) is 3.44. The van der Waals surface area contributed by atoms with Crippen LogP contribution >= 0.6 is 0 Å². The van der Waals surface area contributed by atoms with Crippen molar-refractivity contribution < 1.29 is 19.5 Å². The van der Waals surface area contributed by atoms with Gasteiger partial charge in [0.05, 0.1) is 17.5 Å². The first kappa shape index (κ1) is 17.7. The first-order valence-electron chi connectivity index (χ1n) is 8.89.